The van der Waals surface area contributed by atoms with Gasteiger partial charge in [0.25, 0.3) is 0 Å². The van der Waals surface area contributed by atoms with Gasteiger partial charge in [-0.15, -0.1) is 0 Å². The Morgan fingerprint density at radius 2 is 1.50 bits per heavy atom. The van der Waals surface area contributed by atoms with Crippen molar-refractivity contribution in [1.29, 1.82) is 0 Å². The average Bonchev–Trinajstić information content (AvgIpc) is 1.99. The molecule has 0 amide bonds. The van der Waals surface area contributed by atoms with Crippen LogP contribution in [-0.4, -0.2) is 10.2 Å². The maximum Gasteiger partial charge on any atom is 0.119 e. The first-order valence-corrected chi connectivity index (χ1v) is 4.59. The Labute approximate surface area is 84.2 Å². The van der Waals surface area contributed by atoms with Gasteiger partial charge >= 0.3 is 0 Å². The van der Waals surface area contributed by atoms with Gasteiger partial charge in [0.1, 0.15) is 11.5 Å². The molecule has 1 rings (SSSR count). The number of hydrogen-bond acceptors (Lipinski definition) is 3. The molecule has 0 bridgehead atoms. The highest BCUT2D eigenvalue weighted by molar-refractivity contribution is 5.38. The molecule has 0 unspecified atom stereocenters. The molecule has 0 spiro atoms. The Hall–Kier alpha value is -1.22. The molecule has 0 aliphatic carbocycles. The maximum absolute atomic E-state index is 9.29. The smallest absolute Gasteiger partial charge is 0.119 e. The Kier molecular flexibility index (Phi) is 2.71. The summed E-state index contributed by atoms with van der Waals surface area (Å²) in [6.45, 7) is 6.04. The predicted molar refractivity (Wildman–Crippen MR) is 56.2 cm³/mol. The van der Waals surface area contributed by atoms with Gasteiger partial charge in [0.05, 0.1) is 0 Å². The van der Waals surface area contributed by atoms with Crippen LogP contribution in [0.3, 0.4) is 0 Å². The van der Waals surface area contributed by atoms with Crippen LogP contribution in [0.2, 0.25) is 0 Å². The predicted octanol–water partition coefficient (Wildman–Crippen LogP) is 2.14. The molecule has 0 fully saturated rings. The number of phenolic OH excluding ortho intramolecular Hbond substituents is 2. The fourth-order valence-corrected chi connectivity index (χ4v) is 1.30. The lowest BCUT2D eigenvalue weighted by molar-refractivity contribution is 0.325. The summed E-state index contributed by atoms with van der Waals surface area (Å²) < 4.78 is 0. The van der Waals surface area contributed by atoms with E-state index in [1.807, 2.05) is 20.8 Å². The van der Waals surface area contributed by atoms with E-state index in [1.165, 1.54) is 6.07 Å². The molecule has 14 heavy (non-hydrogen) atoms. The summed E-state index contributed by atoms with van der Waals surface area (Å²) in [5.41, 5.74) is 6.64. The fourth-order valence-electron chi connectivity index (χ4n) is 1.30. The van der Waals surface area contributed by atoms with Crippen LogP contribution in [0.25, 0.3) is 0 Å². The number of phenols is 2. The average molecular weight is 195 g/mol. The van der Waals surface area contributed by atoms with Crippen molar-refractivity contribution in [2.45, 2.75) is 26.8 Å². The van der Waals surface area contributed by atoms with E-state index < -0.39 is 0 Å². The lowest BCUT2D eigenvalue weighted by atomic mass is 9.83. The van der Waals surface area contributed by atoms with Crippen LogP contribution in [0.1, 0.15) is 32.4 Å². The van der Waals surface area contributed by atoms with E-state index in [4.69, 9.17) is 5.73 Å². The third-order valence-corrected chi connectivity index (χ3v) is 2.22. The van der Waals surface area contributed by atoms with Crippen LogP contribution in [0.4, 0.5) is 0 Å². The van der Waals surface area contributed by atoms with E-state index >= 15 is 0 Å². The molecule has 4 N–H and O–H groups in total. The zero-order valence-electron chi connectivity index (χ0n) is 8.78. The summed E-state index contributed by atoms with van der Waals surface area (Å²) in [4.78, 5) is 0. The summed E-state index contributed by atoms with van der Waals surface area (Å²) in [6.07, 6.45) is 0. The van der Waals surface area contributed by atoms with Crippen LogP contribution < -0.4 is 5.73 Å². The molecular weight excluding hydrogens is 178 g/mol. The molecule has 0 heterocycles. The van der Waals surface area contributed by atoms with E-state index in [9.17, 15) is 10.2 Å². The first-order chi connectivity index (χ1) is 6.30. The summed E-state index contributed by atoms with van der Waals surface area (Å²) in [5.74, 6) is 0.0828. The van der Waals surface area contributed by atoms with Gasteiger partial charge in [-0.25, -0.2) is 0 Å². The Morgan fingerprint density at radius 1 is 1.07 bits per heavy atom. The molecule has 78 valence electrons. The third kappa shape index (κ3) is 2.39. The van der Waals surface area contributed by atoms with E-state index in [0.717, 1.165) is 5.56 Å². The molecule has 0 aromatic heterocycles. The van der Waals surface area contributed by atoms with Crippen molar-refractivity contribution in [3.8, 4) is 11.5 Å². The third-order valence-electron chi connectivity index (χ3n) is 2.22. The Bertz CT molecular complexity index is 308. The van der Waals surface area contributed by atoms with Crippen LogP contribution in [0.5, 0.6) is 11.5 Å². The lowest BCUT2D eigenvalue weighted by Crippen LogP contribution is -2.26. The second-order valence-electron chi connectivity index (χ2n) is 4.63. The largest absolute Gasteiger partial charge is 0.508 e. The second-order valence-corrected chi connectivity index (χ2v) is 4.63. The Balaban J connectivity index is 3.07. The Morgan fingerprint density at radius 3 is 1.86 bits per heavy atom. The molecular formula is C11H17NO2. The summed E-state index contributed by atoms with van der Waals surface area (Å²) in [5, 5.41) is 18.6. The quantitative estimate of drug-likeness (QED) is 0.643. The molecule has 0 saturated carbocycles. The summed E-state index contributed by atoms with van der Waals surface area (Å²) in [6, 6.07) is 4.24. The maximum atomic E-state index is 9.29. The zero-order valence-corrected chi connectivity index (χ0v) is 8.78. The van der Waals surface area contributed by atoms with E-state index in [1.54, 1.807) is 12.1 Å². The monoisotopic (exact) mass is 195 g/mol. The van der Waals surface area contributed by atoms with E-state index in [2.05, 4.69) is 0 Å². The van der Waals surface area contributed by atoms with Crippen molar-refractivity contribution < 1.29 is 10.2 Å². The number of aromatic hydroxyl groups is 2. The highest BCUT2D eigenvalue weighted by Crippen LogP contribution is 2.33. The van der Waals surface area contributed by atoms with Gasteiger partial charge in [-0.1, -0.05) is 20.8 Å². The van der Waals surface area contributed by atoms with Gasteiger partial charge in [-0.3, -0.25) is 0 Å². The molecule has 0 saturated heterocycles. The van der Waals surface area contributed by atoms with Crippen molar-refractivity contribution >= 4 is 0 Å². The van der Waals surface area contributed by atoms with Crippen LogP contribution in [0, 0.1) is 5.41 Å². The molecule has 1 aromatic rings. The van der Waals surface area contributed by atoms with E-state index in [0.29, 0.717) is 0 Å². The minimum atomic E-state index is -0.208. The topological polar surface area (TPSA) is 66.5 Å². The standard InChI is InChI=1S/C11H17NO2/c1-11(2,3)10(12)7-4-8(13)6-9(14)5-7/h4-6,10,13-14H,12H2,1-3H3/t10-/m0/s1. The first kappa shape index (κ1) is 10.9. The zero-order chi connectivity index (χ0) is 10.9. The molecule has 3 nitrogen and oxygen atoms in total. The van der Waals surface area contributed by atoms with Gasteiger partial charge in [0, 0.05) is 12.1 Å². The van der Waals surface area contributed by atoms with Crippen LogP contribution >= 0.6 is 0 Å². The normalized spacial score (nSPS) is 14.0. The lowest BCUT2D eigenvalue weighted by Gasteiger charge is -2.27. The number of hydrogen-bond donors (Lipinski definition) is 3. The number of benzene rings is 1. The van der Waals surface area contributed by atoms with Crippen molar-refractivity contribution in [1.82, 2.24) is 0 Å². The summed E-state index contributed by atoms with van der Waals surface area (Å²) in [7, 11) is 0. The van der Waals surface area contributed by atoms with Gasteiger partial charge in [0.15, 0.2) is 0 Å². The minimum absolute atomic E-state index is 0.0414. The molecule has 1 atom stereocenters. The van der Waals surface area contributed by atoms with Crippen molar-refractivity contribution in [3.63, 3.8) is 0 Å². The van der Waals surface area contributed by atoms with E-state index in [-0.39, 0.29) is 23.0 Å². The van der Waals surface area contributed by atoms with Gasteiger partial charge in [-0.05, 0) is 23.1 Å². The summed E-state index contributed by atoms with van der Waals surface area (Å²) >= 11 is 0. The number of nitrogens with two attached hydrogens (primary N) is 1. The second kappa shape index (κ2) is 3.50. The molecule has 0 aliphatic heterocycles. The molecule has 3 heteroatoms. The van der Waals surface area contributed by atoms with Crippen molar-refractivity contribution in [2.75, 3.05) is 0 Å². The molecule has 1 aromatic carbocycles. The first-order valence-electron chi connectivity index (χ1n) is 4.59. The highest BCUT2D eigenvalue weighted by Gasteiger charge is 2.22. The number of rotatable bonds is 1. The van der Waals surface area contributed by atoms with Crippen LogP contribution in [-0.2, 0) is 0 Å². The van der Waals surface area contributed by atoms with Crippen LogP contribution in [0.15, 0.2) is 18.2 Å². The SMILES string of the molecule is CC(C)(C)[C@@H](N)c1cc(O)cc(O)c1. The van der Waals surface area contributed by atoms with Crippen molar-refractivity contribution in [2.24, 2.45) is 11.1 Å². The van der Waals surface area contributed by atoms with Crippen molar-refractivity contribution in [3.05, 3.63) is 23.8 Å². The molecule has 0 radical (unpaired) electrons. The van der Waals surface area contributed by atoms with Gasteiger partial charge in [0.2, 0.25) is 0 Å². The van der Waals surface area contributed by atoms with Gasteiger partial charge in [-0.2, -0.15) is 0 Å². The highest BCUT2D eigenvalue weighted by atomic mass is 16.3. The fraction of sp³-hybridized carbons (Fsp3) is 0.455. The van der Waals surface area contributed by atoms with Gasteiger partial charge < -0.3 is 15.9 Å². The minimum Gasteiger partial charge on any atom is -0.508 e. The molecule has 0 aliphatic rings.